The number of carboxylic acid groups (broad SMARTS) is 1. The summed E-state index contributed by atoms with van der Waals surface area (Å²) in [5, 5.41) is 24.6. The molecule has 2 N–H and O–H groups in total. The van der Waals surface area contributed by atoms with E-state index < -0.39 is 39.5 Å². The van der Waals surface area contributed by atoms with Crippen molar-refractivity contribution in [2.75, 3.05) is 0 Å². The minimum absolute atomic E-state index is 0.0960. The fraction of sp³-hybridized carbons (Fsp3) is 0.323. The first kappa shape index (κ1) is 27.8. The number of hydrogen-bond acceptors (Lipinski definition) is 5. The lowest BCUT2D eigenvalue weighted by molar-refractivity contribution is -0.327. The second kappa shape index (κ2) is 11.2. The number of sulfonamides is 1. The first-order chi connectivity index (χ1) is 18.0. The van der Waals surface area contributed by atoms with E-state index in [1.54, 1.807) is 18.2 Å². The molecule has 38 heavy (non-hydrogen) atoms. The van der Waals surface area contributed by atoms with Gasteiger partial charge in [0.1, 0.15) is 0 Å². The first-order valence-corrected chi connectivity index (χ1v) is 14.3. The summed E-state index contributed by atoms with van der Waals surface area (Å²) in [5.74, 6) is -2.29. The molecule has 3 aromatic rings. The average molecular weight is 533 g/mol. The van der Waals surface area contributed by atoms with Crippen molar-refractivity contribution < 1.29 is 23.4 Å². The highest BCUT2D eigenvalue weighted by atomic mass is 32.2. The number of carboxylic acids is 1. The van der Waals surface area contributed by atoms with Gasteiger partial charge in [-0.25, -0.2) is 13.1 Å². The molecule has 0 aliphatic heterocycles. The highest BCUT2D eigenvalue weighted by Crippen LogP contribution is 2.51. The van der Waals surface area contributed by atoms with Crippen LogP contribution in [0.2, 0.25) is 0 Å². The zero-order chi connectivity index (χ0) is 27.5. The smallest absolute Gasteiger partial charge is 0.241 e. The van der Waals surface area contributed by atoms with Crippen LogP contribution in [0.5, 0.6) is 0 Å². The molecular weight excluding hydrogens is 498 g/mol. The Balaban J connectivity index is 1.81. The topological polar surface area (TPSA) is 107 Å². The van der Waals surface area contributed by atoms with Crippen molar-refractivity contribution >= 4 is 22.1 Å². The van der Waals surface area contributed by atoms with E-state index in [9.17, 15) is 23.4 Å². The van der Waals surface area contributed by atoms with Crippen molar-refractivity contribution in [2.45, 2.75) is 50.7 Å². The summed E-state index contributed by atoms with van der Waals surface area (Å²) < 4.78 is 29.8. The van der Waals surface area contributed by atoms with Crippen molar-refractivity contribution in [3.8, 4) is 0 Å². The van der Waals surface area contributed by atoms with Crippen LogP contribution in [0.3, 0.4) is 0 Å². The Morgan fingerprint density at radius 2 is 1.68 bits per heavy atom. The van der Waals surface area contributed by atoms with Crippen LogP contribution in [0, 0.1) is 24.2 Å². The molecule has 4 rings (SSSR count). The van der Waals surface area contributed by atoms with Crippen molar-refractivity contribution in [3.63, 3.8) is 0 Å². The molecule has 0 unspecified atom stereocenters. The third kappa shape index (κ3) is 5.60. The van der Waals surface area contributed by atoms with Gasteiger partial charge in [-0.05, 0) is 60.4 Å². The summed E-state index contributed by atoms with van der Waals surface area (Å²) in [7, 11) is -3.99. The molecule has 4 atom stereocenters. The van der Waals surface area contributed by atoms with Crippen LogP contribution in [0.4, 0.5) is 0 Å². The molecule has 200 valence electrons. The van der Waals surface area contributed by atoms with Gasteiger partial charge in [-0.15, -0.1) is 0 Å². The minimum atomic E-state index is -3.99. The molecule has 0 spiro atoms. The number of fused-ring (bicyclic) bond motifs is 1. The Labute approximate surface area is 225 Å². The van der Waals surface area contributed by atoms with Crippen LogP contribution < -0.4 is 9.83 Å². The van der Waals surface area contributed by atoms with Crippen molar-refractivity contribution in [2.24, 2.45) is 17.3 Å². The van der Waals surface area contributed by atoms with Crippen LogP contribution in [-0.2, 0) is 21.2 Å². The van der Waals surface area contributed by atoms with Crippen LogP contribution >= 0.6 is 0 Å². The van der Waals surface area contributed by atoms with Gasteiger partial charge >= 0.3 is 0 Å². The van der Waals surface area contributed by atoms with Gasteiger partial charge in [0.2, 0.25) is 10.0 Å². The number of nitrogens with one attached hydrogen (secondary N) is 1. The predicted molar refractivity (Wildman–Crippen MR) is 146 cm³/mol. The molecule has 6 nitrogen and oxygen atoms in total. The fourth-order valence-corrected chi connectivity index (χ4v) is 6.89. The Hall–Kier alpha value is -3.26. The normalized spacial score (nSPS) is 19.8. The van der Waals surface area contributed by atoms with Gasteiger partial charge < -0.3 is 15.0 Å². The molecule has 1 aliphatic carbocycles. The Morgan fingerprint density at radius 3 is 2.32 bits per heavy atom. The lowest BCUT2D eigenvalue weighted by Crippen LogP contribution is -2.57. The van der Waals surface area contributed by atoms with Gasteiger partial charge in [-0.2, -0.15) is 0 Å². The number of aryl methyl sites for hydroxylation is 1. The van der Waals surface area contributed by atoms with Crippen LogP contribution in [-0.4, -0.2) is 25.6 Å². The largest absolute Gasteiger partial charge is 0.549 e. The van der Waals surface area contributed by atoms with Crippen LogP contribution in [0.15, 0.2) is 89.8 Å². The maximum atomic E-state index is 13.5. The van der Waals surface area contributed by atoms with Crippen molar-refractivity contribution in [3.05, 3.63) is 107 Å². The number of aliphatic hydroxyl groups is 1. The quantitative estimate of drug-likeness (QED) is 0.410. The summed E-state index contributed by atoms with van der Waals surface area (Å²) in [6.07, 6.45) is 2.16. The highest BCUT2D eigenvalue weighted by Gasteiger charge is 2.52. The van der Waals surface area contributed by atoms with Gasteiger partial charge in [0.15, 0.2) is 0 Å². The standard InChI is InChI=1S/C31H35NO5S/c1-21(2)20-31(30(34)35,28(33)18-15-23-9-5-4-6-10-23)27-19-24-11-7-8-12-26(24)29(27)32-38(36,37)25-16-13-22(3)14-17-25/h4-18,21,27-29,32-33H,19-20H2,1-3H3,(H,34,35)/p-1/t27-,28-,29+,31-/m1/s1. The van der Waals surface area contributed by atoms with E-state index in [1.165, 1.54) is 18.2 Å². The van der Waals surface area contributed by atoms with Gasteiger partial charge in [-0.3, -0.25) is 0 Å². The van der Waals surface area contributed by atoms with Gasteiger partial charge in [0.25, 0.3) is 0 Å². The molecule has 0 bridgehead atoms. The number of benzene rings is 3. The van der Waals surface area contributed by atoms with E-state index in [0.717, 1.165) is 16.7 Å². The average Bonchev–Trinajstić information content (AvgIpc) is 3.24. The maximum Gasteiger partial charge on any atom is 0.241 e. The zero-order valence-electron chi connectivity index (χ0n) is 21.9. The third-order valence-electron chi connectivity index (χ3n) is 7.43. The fourth-order valence-electron chi connectivity index (χ4n) is 5.63. The molecule has 1 aliphatic rings. The van der Waals surface area contributed by atoms with E-state index in [0.29, 0.717) is 5.56 Å². The second-order valence-electron chi connectivity index (χ2n) is 10.6. The van der Waals surface area contributed by atoms with Gasteiger partial charge in [0, 0.05) is 5.41 Å². The van der Waals surface area contributed by atoms with Gasteiger partial charge in [0.05, 0.1) is 23.0 Å². The van der Waals surface area contributed by atoms with E-state index in [-0.39, 0.29) is 23.7 Å². The first-order valence-electron chi connectivity index (χ1n) is 12.8. The summed E-state index contributed by atoms with van der Waals surface area (Å²) in [6, 6.07) is 22.3. The number of aliphatic carboxylic acids is 1. The lowest BCUT2D eigenvalue weighted by Gasteiger charge is -2.46. The molecule has 0 radical (unpaired) electrons. The number of carbonyl (C=O) groups excluding carboxylic acids is 1. The molecule has 0 saturated carbocycles. The molecule has 0 amide bonds. The third-order valence-corrected chi connectivity index (χ3v) is 8.89. The minimum Gasteiger partial charge on any atom is -0.549 e. The van der Waals surface area contributed by atoms with E-state index in [1.807, 2.05) is 75.4 Å². The monoisotopic (exact) mass is 532 g/mol. The van der Waals surface area contributed by atoms with E-state index in [4.69, 9.17) is 0 Å². The Morgan fingerprint density at radius 1 is 1.05 bits per heavy atom. The van der Waals surface area contributed by atoms with Gasteiger partial charge in [-0.1, -0.05) is 98.3 Å². The summed E-state index contributed by atoms with van der Waals surface area (Å²) >= 11 is 0. The molecule has 0 saturated heterocycles. The molecule has 7 heteroatoms. The summed E-state index contributed by atoms with van der Waals surface area (Å²) in [6.45, 7) is 5.65. The van der Waals surface area contributed by atoms with Crippen molar-refractivity contribution in [1.29, 1.82) is 0 Å². The number of hydrogen-bond donors (Lipinski definition) is 2. The van der Waals surface area contributed by atoms with Crippen LogP contribution in [0.25, 0.3) is 6.08 Å². The Bertz CT molecular complexity index is 1400. The molecular formula is C31H34NO5S-. The second-order valence-corrected chi connectivity index (χ2v) is 12.3. The van der Waals surface area contributed by atoms with E-state index >= 15 is 0 Å². The highest BCUT2D eigenvalue weighted by molar-refractivity contribution is 7.89. The number of rotatable bonds is 10. The van der Waals surface area contributed by atoms with Crippen molar-refractivity contribution in [1.82, 2.24) is 4.72 Å². The summed E-state index contributed by atoms with van der Waals surface area (Å²) in [5.41, 5.74) is 1.55. The maximum absolute atomic E-state index is 13.5. The molecule has 0 fully saturated rings. The number of carbonyl (C=O) groups is 1. The zero-order valence-corrected chi connectivity index (χ0v) is 22.7. The molecule has 0 heterocycles. The predicted octanol–water partition coefficient (Wildman–Crippen LogP) is 4.04. The SMILES string of the molecule is Cc1ccc(S(=O)(=O)N[C@H]2c3ccccc3C[C@H]2[C@@](CC(C)C)(C(=O)[O-])[C@H](O)C=Cc2ccccc2)cc1. The Kier molecular flexibility index (Phi) is 8.21. The molecule has 0 aromatic heterocycles. The summed E-state index contributed by atoms with van der Waals surface area (Å²) in [4.78, 5) is 13.2. The molecule has 3 aromatic carbocycles. The van der Waals surface area contributed by atoms with Crippen LogP contribution in [0.1, 0.15) is 48.6 Å². The van der Waals surface area contributed by atoms with E-state index in [2.05, 4.69) is 4.72 Å². The lowest BCUT2D eigenvalue weighted by atomic mass is 9.64. The number of aliphatic hydroxyl groups excluding tert-OH is 1.